The molecule has 0 aliphatic heterocycles. The molecule has 0 aromatic carbocycles. The van der Waals surface area contributed by atoms with Crippen LogP contribution in [0.1, 0.15) is 103 Å². The van der Waals surface area contributed by atoms with Crippen LogP contribution < -0.4 is 0 Å². The molecule has 0 rings (SSSR count). The van der Waals surface area contributed by atoms with Gasteiger partial charge in [0.15, 0.2) is 0 Å². The largest absolute Gasteiger partial charge is 0.481 e. The van der Waals surface area contributed by atoms with Gasteiger partial charge in [-0.2, -0.15) is 0 Å². The third-order valence-corrected chi connectivity index (χ3v) is 4.72. The molecule has 0 aromatic rings. The van der Waals surface area contributed by atoms with E-state index in [0.717, 1.165) is 17.3 Å². The fraction of sp³-hybridized carbons (Fsp3) is 0.952. The number of carboxylic acids is 1. The number of carboxylic acid groups (broad SMARTS) is 1. The van der Waals surface area contributed by atoms with Gasteiger partial charge in [-0.3, -0.25) is 4.79 Å². The molecule has 0 radical (unpaired) electrons. The fourth-order valence-corrected chi connectivity index (χ4v) is 3.16. The lowest BCUT2D eigenvalue weighted by atomic mass is 10.0. The minimum absolute atomic E-state index is 0.343. The number of nitrogens with zero attached hydrogens (tertiary/aromatic N) is 1. The Bertz CT molecular complexity index is 284. The Morgan fingerprint density at radius 3 is 1.17 bits per heavy atom. The molecule has 0 saturated carbocycles. The summed E-state index contributed by atoms with van der Waals surface area (Å²) in [5.74, 6) is -0.654. The first-order valence-electron chi connectivity index (χ1n) is 10.4. The van der Waals surface area contributed by atoms with Gasteiger partial charge < -0.3 is 9.59 Å². The molecule has 0 spiro atoms. The minimum Gasteiger partial charge on any atom is -0.481 e. The van der Waals surface area contributed by atoms with Crippen molar-refractivity contribution in [2.75, 3.05) is 27.7 Å². The highest BCUT2D eigenvalue weighted by Gasteiger charge is 2.04. The fourth-order valence-electron chi connectivity index (χ4n) is 3.16. The molecule has 0 aromatic heterocycles. The molecule has 1 N–H and O–H groups in total. The molecule has 3 nitrogen and oxygen atoms in total. The van der Waals surface area contributed by atoms with Gasteiger partial charge in [0.05, 0.1) is 27.7 Å². The summed E-state index contributed by atoms with van der Waals surface area (Å²) in [4.78, 5) is 10.4. The van der Waals surface area contributed by atoms with Crippen LogP contribution >= 0.6 is 0 Å². The standard InChI is InChI=1S/C21H43NO2/c1-22(2,3)20-18-16-14-12-10-8-6-4-5-7-9-11-13-15-17-19-21(23)24/h4-20H2,1-3H3/p+1. The van der Waals surface area contributed by atoms with Crippen LogP contribution in [0.15, 0.2) is 0 Å². The molecule has 0 amide bonds. The van der Waals surface area contributed by atoms with Crippen LogP contribution in [0.2, 0.25) is 0 Å². The highest BCUT2D eigenvalue weighted by atomic mass is 16.4. The second-order valence-electron chi connectivity index (χ2n) is 8.46. The van der Waals surface area contributed by atoms with Gasteiger partial charge in [-0.1, -0.05) is 77.0 Å². The molecular formula is C21H44NO2+. The molecule has 0 fully saturated rings. The Morgan fingerprint density at radius 1 is 0.583 bits per heavy atom. The van der Waals surface area contributed by atoms with Crippen molar-refractivity contribution in [2.45, 2.75) is 103 Å². The smallest absolute Gasteiger partial charge is 0.303 e. The van der Waals surface area contributed by atoms with Crippen LogP contribution in [-0.4, -0.2) is 43.2 Å². The number of hydrogen-bond donors (Lipinski definition) is 1. The lowest BCUT2D eigenvalue weighted by Crippen LogP contribution is -2.35. The molecule has 24 heavy (non-hydrogen) atoms. The molecule has 0 unspecified atom stereocenters. The first-order valence-corrected chi connectivity index (χ1v) is 10.4. The normalized spacial score (nSPS) is 11.8. The van der Waals surface area contributed by atoms with Crippen molar-refractivity contribution < 1.29 is 14.4 Å². The van der Waals surface area contributed by atoms with E-state index in [-0.39, 0.29) is 0 Å². The van der Waals surface area contributed by atoms with Crippen molar-refractivity contribution in [3.05, 3.63) is 0 Å². The first kappa shape index (κ1) is 23.4. The van der Waals surface area contributed by atoms with E-state index in [9.17, 15) is 4.79 Å². The van der Waals surface area contributed by atoms with E-state index in [4.69, 9.17) is 5.11 Å². The molecular weight excluding hydrogens is 298 g/mol. The van der Waals surface area contributed by atoms with E-state index >= 15 is 0 Å². The molecule has 0 heterocycles. The van der Waals surface area contributed by atoms with E-state index < -0.39 is 5.97 Å². The van der Waals surface area contributed by atoms with Crippen LogP contribution in [0.25, 0.3) is 0 Å². The summed E-state index contributed by atoms with van der Waals surface area (Å²) in [7, 11) is 6.83. The topological polar surface area (TPSA) is 37.3 Å². The molecule has 0 bridgehead atoms. The summed E-state index contributed by atoms with van der Waals surface area (Å²) >= 11 is 0. The zero-order valence-corrected chi connectivity index (χ0v) is 16.8. The maximum atomic E-state index is 10.4. The van der Waals surface area contributed by atoms with Gasteiger partial charge in [0, 0.05) is 6.42 Å². The van der Waals surface area contributed by atoms with E-state index in [1.165, 1.54) is 90.0 Å². The molecule has 3 heteroatoms. The van der Waals surface area contributed by atoms with Gasteiger partial charge in [-0.15, -0.1) is 0 Å². The van der Waals surface area contributed by atoms with Crippen molar-refractivity contribution in [3.8, 4) is 0 Å². The Morgan fingerprint density at radius 2 is 0.875 bits per heavy atom. The molecule has 0 saturated heterocycles. The molecule has 0 aliphatic rings. The SMILES string of the molecule is C[N+](C)(C)CCCCCCCCCCCCCCCCCC(=O)O. The lowest BCUT2D eigenvalue weighted by Gasteiger charge is -2.23. The monoisotopic (exact) mass is 342 g/mol. The molecule has 144 valence electrons. The Balaban J connectivity index is 3.04. The third kappa shape index (κ3) is 21.4. The second-order valence-corrected chi connectivity index (χ2v) is 8.46. The number of unbranched alkanes of at least 4 members (excludes halogenated alkanes) is 14. The Kier molecular flexibility index (Phi) is 15.6. The average Bonchev–Trinajstić information content (AvgIpc) is 2.49. The zero-order valence-electron chi connectivity index (χ0n) is 16.8. The van der Waals surface area contributed by atoms with Gasteiger partial charge >= 0.3 is 5.97 Å². The summed E-state index contributed by atoms with van der Waals surface area (Å²) in [5, 5.41) is 8.56. The van der Waals surface area contributed by atoms with E-state index in [1.807, 2.05) is 0 Å². The van der Waals surface area contributed by atoms with E-state index in [1.54, 1.807) is 0 Å². The number of aliphatic carboxylic acids is 1. The van der Waals surface area contributed by atoms with Gasteiger partial charge in [0.2, 0.25) is 0 Å². The highest BCUT2D eigenvalue weighted by molar-refractivity contribution is 5.66. The van der Waals surface area contributed by atoms with Crippen molar-refractivity contribution >= 4 is 5.97 Å². The van der Waals surface area contributed by atoms with Gasteiger partial charge in [0.25, 0.3) is 0 Å². The number of quaternary nitrogens is 1. The van der Waals surface area contributed by atoms with Gasteiger partial charge in [-0.25, -0.2) is 0 Å². The predicted molar refractivity (Wildman–Crippen MR) is 104 cm³/mol. The maximum absolute atomic E-state index is 10.4. The molecule has 0 atom stereocenters. The Hall–Kier alpha value is -0.570. The number of carbonyl (C=O) groups is 1. The van der Waals surface area contributed by atoms with Crippen molar-refractivity contribution in [1.82, 2.24) is 0 Å². The summed E-state index contributed by atoms with van der Waals surface area (Å²) in [5.41, 5.74) is 0. The quantitative estimate of drug-likeness (QED) is 0.244. The van der Waals surface area contributed by atoms with Gasteiger partial charge in [0.1, 0.15) is 0 Å². The summed E-state index contributed by atoms with van der Waals surface area (Å²) < 4.78 is 1.10. The van der Waals surface area contributed by atoms with Crippen LogP contribution in [0.3, 0.4) is 0 Å². The van der Waals surface area contributed by atoms with Gasteiger partial charge in [-0.05, 0) is 19.3 Å². The highest BCUT2D eigenvalue weighted by Crippen LogP contribution is 2.14. The van der Waals surface area contributed by atoms with Crippen LogP contribution in [0.5, 0.6) is 0 Å². The van der Waals surface area contributed by atoms with Crippen LogP contribution in [0, 0.1) is 0 Å². The van der Waals surface area contributed by atoms with Crippen LogP contribution in [0.4, 0.5) is 0 Å². The summed E-state index contributed by atoms with van der Waals surface area (Å²) in [6.07, 6.45) is 20.1. The van der Waals surface area contributed by atoms with Crippen molar-refractivity contribution in [2.24, 2.45) is 0 Å². The molecule has 0 aliphatic carbocycles. The lowest BCUT2D eigenvalue weighted by molar-refractivity contribution is -0.870. The second kappa shape index (κ2) is 15.9. The number of hydrogen-bond acceptors (Lipinski definition) is 1. The third-order valence-electron chi connectivity index (χ3n) is 4.72. The minimum atomic E-state index is -0.654. The zero-order chi connectivity index (χ0) is 18.1. The maximum Gasteiger partial charge on any atom is 0.303 e. The van der Waals surface area contributed by atoms with Crippen molar-refractivity contribution in [1.29, 1.82) is 0 Å². The van der Waals surface area contributed by atoms with Crippen molar-refractivity contribution in [3.63, 3.8) is 0 Å². The van der Waals surface area contributed by atoms with Crippen LogP contribution in [-0.2, 0) is 4.79 Å². The first-order chi connectivity index (χ1) is 11.4. The Labute approximate surface area is 151 Å². The number of rotatable bonds is 18. The van der Waals surface area contributed by atoms with E-state index in [0.29, 0.717) is 6.42 Å². The summed E-state index contributed by atoms with van der Waals surface area (Å²) in [6.45, 7) is 1.31. The summed E-state index contributed by atoms with van der Waals surface area (Å²) in [6, 6.07) is 0. The predicted octanol–water partition coefficient (Wildman–Crippen LogP) is 6.02. The van der Waals surface area contributed by atoms with E-state index in [2.05, 4.69) is 21.1 Å². The average molecular weight is 343 g/mol.